The fraction of sp³-hybridized carbons (Fsp3) is 0.185. The summed E-state index contributed by atoms with van der Waals surface area (Å²) < 4.78 is 19.3. The van der Waals surface area contributed by atoms with Crippen LogP contribution >= 0.6 is 27.5 Å². The summed E-state index contributed by atoms with van der Waals surface area (Å²) in [6, 6.07) is 16.7. The van der Waals surface area contributed by atoms with Crippen LogP contribution < -0.4 is 14.9 Å². The molecule has 0 aliphatic rings. The zero-order chi connectivity index (χ0) is 26.5. The van der Waals surface area contributed by atoms with Crippen molar-refractivity contribution in [1.29, 1.82) is 0 Å². The number of phenols is 1. The van der Waals surface area contributed by atoms with Gasteiger partial charge in [-0.25, -0.2) is 5.43 Å². The summed E-state index contributed by atoms with van der Waals surface area (Å²) in [5, 5.41) is 14.1. The number of hydrogen-bond acceptors (Lipinski definition) is 6. The molecule has 4 rings (SSSR count). The minimum Gasteiger partial charge on any atom is -0.503 e. The van der Waals surface area contributed by atoms with Gasteiger partial charge in [-0.1, -0.05) is 11.6 Å². The molecule has 0 radical (unpaired) electrons. The van der Waals surface area contributed by atoms with Crippen LogP contribution in [0.1, 0.15) is 40.2 Å². The van der Waals surface area contributed by atoms with Crippen LogP contribution in [-0.2, 0) is 6.61 Å². The molecule has 0 atom stereocenters. The van der Waals surface area contributed by atoms with E-state index in [-0.39, 0.29) is 28.9 Å². The van der Waals surface area contributed by atoms with Crippen LogP contribution in [0.4, 0.5) is 0 Å². The summed E-state index contributed by atoms with van der Waals surface area (Å²) in [6.07, 6.45) is 1.38. The summed E-state index contributed by atoms with van der Waals surface area (Å²) in [7, 11) is 0. The first-order valence-electron chi connectivity index (χ1n) is 11.4. The van der Waals surface area contributed by atoms with Gasteiger partial charge >= 0.3 is 5.91 Å². The van der Waals surface area contributed by atoms with Gasteiger partial charge in [-0.2, -0.15) is 5.10 Å². The Morgan fingerprint density at radius 3 is 2.51 bits per heavy atom. The maximum Gasteiger partial charge on any atom is 0.307 e. The van der Waals surface area contributed by atoms with Crippen molar-refractivity contribution < 1.29 is 23.8 Å². The van der Waals surface area contributed by atoms with E-state index in [1.54, 1.807) is 25.1 Å². The van der Waals surface area contributed by atoms with Gasteiger partial charge in [-0.15, -0.1) is 0 Å². The molecule has 0 aliphatic heterocycles. The van der Waals surface area contributed by atoms with E-state index in [4.69, 9.17) is 25.5 Å². The van der Waals surface area contributed by atoms with Gasteiger partial charge in [0.2, 0.25) is 0 Å². The third-order valence-corrected chi connectivity index (χ3v) is 6.93. The molecule has 2 aromatic carbocycles. The molecule has 0 saturated heterocycles. The van der Waals surface area contributed by atoms with Crippen molar-refractivity contribution in [2.75, 3.05) is 6.61 Å². The Kier molecular flexibility index (Phi) is 8.25. The van der Waals surface area contributed by atoms with Gasteiger partial charge in [-0.05, 0) is 91.3 Å². The van der Waals surface area contributed by atoms with Crippen LogP contribution in [0.15, 0.2) is 68.6 Å². The maximum atomic E-state index is 12.4. The number of hydrazone groups is 1. The average molecular weight is 587 g/mol. The number of aromatic hydroxyl groups is 1. The van der Waals surface area contributed by atoms with E-state index in [0.717, 1.165) is 17.1 Å². The highest BCUT2D eigenvalue weighted by Crippen LogP contribution is 2.41. The van der Waals surface area contributed by atoms with Crippen LogP contribution in [0.2, 0.25) is 5.02 Å². The zero-order valence-electron chi connectivity index (χ0n) is 20.4. The average Bonchev–Trinajstić information content (AvgIpc) is 3.50. The molecule has 8 nitrogen and oxygen atoms in total. The topological polar surface area (TPSA) is 98.2 Å². The number of nitrogens with one attached hydrogen (secondary N) is 1. The minimum atomic E-state index is -0.532. The molecule has 192 valence electrons. The molecular weight excluding hydrogens is 562 g/mol. The highest BCUT2D eigenvalue weighted by Gasteiger charge is 2.15. The predicted molar refractivity (Wildman–Crippen MR) is 145 cm³/mol. The lowest BCUT2D eigenvalue weighted by Gasteiger charge is -2.10. The Balaban J connectivity index is 1.34. The van der Waals surface area contributed by atoms with Gasteiger partial charge in [-0.3, -0.25) is 4.79 Å². The number of phenolic OH excluding ortho intramolecular Hbond substituents is 1. The number of benzene rings is 2. The Hall–Kier alpha value is -3.69. The third kappa shape index (κ3) is 6.00. The summed E-state index contributed by atoms with van der Waals surface area (Å²) >= 11 is 9.43. The molecule has 1 amide bonds. The molecule has 2 heterocycles. The number of ether oxygens (including phenoxy) is 2. The van der Waals surface area contributed by atoms with Gasteiger partial charge in [0, 0.05) is 27.1 Å². The number of amides is 1. The largest absolute Gasteiger partial charge is 0.503 e. The number of aryl methyl sites for hydroxylation is 2. The molecule has 10 heteroatoms. The van der Waals surface area contributed by atoms with E-state index < -0.39 is 5.91 Å². The Bertz CT molecular complexity index is 1420. The van der Waals surface area contributed by atoms with Crippen molar-refractivity contribution in [3.63, 3.8) is 0 Å². The summed E-state index contributed by atoms with van der Waals surface area (Å²) in [5.74, 6) is 0.762. The quantitative estimate of drug-likeness (QED) is 0.171. The number of nitrogens with zero attached hydrogens (tertiary/aromatic N) is 2. The lowest BCUT2D eigenvalue weighted by Crippen LogP contribution is -2.16. The standard InChI is InChI=1S/C27H25BrClN3O5/c1-4-35-23-13-18(24(28)25(29)26(23)33)14-30-31-27(34)22-12-11-21(37-22)15-36-20-9-7-19(8-10-20)32-16(2)5-6-17(32)3/h5-14,33H,4,15H2,1-3H3,(H,31,34)/b30-14+. The molecule has 0 unspecified atom stereocenters. The normalized spacial score (nSPS) is 11.2. The molecule has 4 aromatic rings. The van der Waals surface area contributed by atoms with E-state index >= 15 is 0 Å². The molecule has 2 aromatic heterocycles. The van der Waals surface area contributed by atoms with E-state index in [0.29, 0.717) is 28.2 Å². The number of carbonyl (C=O) groups is 1. The van der Waals surface area contributed by atoms with Crippen molar-refractivity contribution in [2.24, 2.45) is 5.10 Å². The molecule has 0 saturated carbocycles. The van der Waals surface area contributed by atoms with Gasteiger partial charge < -0.3 is 23.6 Å². The van der Waals surface area contributed by atoms with Crippen molar-refractivity contribution in [1.82, 2.24) is 9.99 Å². The van der Waals surface area contributed by atoms with Gasteiger partial charge in [0.1, 0.15) is 23.1 Å². The number of halogens is 2. The van der Waals surface area contributed by atoms with Crippen LogP contribution in [0.5, 0.6) is 17.2 Å². The van der Waals surface area contributed by atoms with E-state index in [2.05, 4.69) is 57.0 Å². The van der Waals surface area contributed by atoms with Crippen molar-refractivity contribution in [3.05, 3.63) is 92.6 Å². The van der Waals surface area contributed by atoms with Gasteiger partial charge in [0.05, 0.1) is 12.8 Å². The second-order valence-corrected chi connectivity index (χ2v) is 9.24. The Labute approximate surface area is 227 Å². The minimum absolute atomic E-state index is 0.0824. The summed E-state index contributed by atoms with van der Waals surface area (Å²) in [6.45, 7) is 6.42. The molecule has 0 aliphatic carbocycles. The SMILES string of the molecule is CCOc1cc(/C=N/NC(=O)c2ccc(COc3ccc(-n4c(C)ccc4C)cc3)o2)c(Br)c(Cl)c1O. The lowest BCUT2D eigenvalue weighted by atomic mass is 10.2. The summed E-state index contributed by atoms with van der Waals surface area (Å²) in [5.41, 5.74) is 6.28. The first-order chi connectivity index (χ1) is 17.8. The van der Waals surface area contributed by atoms with Gasteiger partial charge in [0.25, 0.3) is 0 Å². The first kappa shape index (κ1) is 26.4. The molecule has 0 fully saturated rings. The van der Waals surface area contributed by atoms with Crippen molar-refractivity contribution in [3.8, 4) is 22.9 Å². The van der Waals surface area contributed by atoms with Crippen LogP contribution in [0.25, 0.3) is 5.69 Å². The highest BCUT2D eigenvalue weighted by molar-refractivity contribution is 9.10. The monoisotopic (exact) mass is 585 g/mol. The lowest BCUT2D eigenvalue weighted by molar-refractivity contribution is 0.0923. The molecule has 2 N–H and O–H groups in total. The third-order valence-electron chi connectivity index (χ3n) is 5.48. The Morgan fingerprint density at radius 1 is 1.14 bits per heavy atom. The number of carbonyl (C=O) groups excluding carboxylic acids is 1. The van der Waals surface area contributed by atoms with E-state index in [1.807, 2.05) is 24.3 Å². The van der Waals surface area contributed by atoms with Crippen LogP contribution in [0, 0.1) is 13.8 Å². The van der Waals surface area contributed by atoms with Crippen molar-refractivity contribution in [2.45, 2.75) is 27.4 Å². The predicted octanol–water partition coefficient (Wildman–Crippen LogP) is 6.55. The fourth-order valence-electron chi connectivity index (χ4n) is 3.69. The Morgan fingerprint density at radius 2 is 1.84 bits per heavy atom. The van der Waals surface area contributed by atoms with Crippen molar-refractivity contribution >= 4 is 39.7 Å². The highest BCUT2D eigenvalue weighted by atomic mass is 79.9. The van der Waals surface area contributed by atoms with Crippen LogP contribution in [-0.4, -0.2) is 28.4 Å². The fourth-order valence-corrected chi connectivity index (χ4v) is 4.29. The van der Waals surface area contributed by atoms with E-state index in [1.165, 1.54) is 6.21 Å². The smallest absolute Gasteiger partial charge is 0.307 e. The van der Waals surface area contributed by atoms with Gasteiger partial charge in [0.15, 0.2) is 17.3 Å². The maximum absolute atomic E-state index is 12.4. The molecule has 0 bridgehead atoms. The van der Waals surface area contributed by atoms with E-state index in [9.17, 15) is 9.90 Å². The number of hydrogen-bond donors (Lipinski definition) is 2. The second kappa shape index (κ2) is 11.6. The number of furan rings is 1. The zero-order valence-corrected chi connectivity index (χ0v) is 22.8. The summed E-state index contributed by atoms with van der Waals surface area (Å²) in [4.78, 5) is 12.4. The number of aromatic nitrogens is 1. The first-order valence-corrected chi connectivity index (χ1v) is 12.6. The molecule has 0 spiro atoms. The number of rotatable bonds is 9. The van der Waals surface area contributed by atoms with Crippen LogP contribution in [0.3, 0.4) is 0 Å². The molecule has 37 heavy (non-hydrogen) atoms. The molecular formula is C27H25BrClN3O5. The second-order valence-electron chi connectivity index (χ2n) is 8.07.